The summed E-state index contributed by atoms with van der Waals surface area (Å²) < 4.78 is 0. The zero-order valence-electron chi connectivity index (χ0n) is 12.7. The summed E-state index contributed by atoms with van der Waals surface area (Å²) in [5.41, 5.74) is 5.91. The highest BCUT2D eigenvalue weighted by atomic mass is 16.3. The van der Waals surface area contributed by atoms with Crippen LogP contribution in [0.15, 0.2) is 72.0 Å². The fourth-order valence-electron chi connectivity index (χ4n) is 2.58. The van der Waals surface area contributed by atoms with Crippen molar-refractivity contribution in [2.24, 2.45) is 5.10 Å². The van der Waals surface area contributed by atoms with Crippen molar-refractivity contribution in [1.82, 2.24) is 9.97 Å². The second-order valence-corrected chi connectivity index (χ2v) is 5.34. The zero-order chi connectivity index (χ0) is 16.4. The summed E-state index contributed by atoms with van der Waals surface area (Å²) >= 11 is 0. The molecule has 116 valence electrons. The number of hydrogen-bond donors (Lipinski definition) is 2. The van der Waals surface area contributed by atoms with Crippen LogP contribution in [-0.2, 0) is 0 Å². The van der Waals surface area contributed by atoms with E-state index in [4.69, 9.17) is 0 Å². The Morgan fingerprint density at radius 3 is 2.58 bits per heavy atom. The van der Waals surface area contributed by atoms with Gasteiger partial charge in [-0.15, -0.1) is 0 Å². The van der Waals surface area contributed by atoms with Gasteiger partial charge in [-0.3, -0.25) is 10.4 Å². The highest BCUT2D eigenvalue weighted by Crippen LogP contribution is 2.22. The van der Waals surface area contributed by atoms with E-state index in [2.05, 4.69) is 20.5 Å². The van der Waals surface area contributed by atoms with E-state index in [0.717, 1.165) is 22.0 Å². The number of rotatable bonds is 3. The van der Waals surface area contributed by atoms with Crippen molar-refractivity contribution in [3.63, 3.8) is 0 Å². The molecule has 0 fully saturated rings. The molecule has 0 radical (unpaired) electrons. The lowest BCUT2D eigenvalue weighted by molar-refractivity contribution is 0.480. The fraction of sp³-hybridized carbons (Fsp3) is 0. The third-order valence-electron chi connectivity index (χ3n) is 3.74. The second-order valence-electron chi connectivity index (χ2n) is 5.34. The minimum absolute atomic E-state index is 0.161. The lowest BCUT2D eigenvalue weighted by atomic mass is 10.2. The minimum atomic E-state index is 0.161. The average molecular weight is 314 g/mol. The Morgan fingerprint density at radius 1 is 0.875 bits per heavy atom. The van der Waals surface area contributed by atoms with E-state index in [1.807, 2.05) is 48.5 Å². The summed E-state index contributed by atoms with van der Waals surface area (Å²) in [6.45, 7) is 0. The van der Waals surface area contributed by atoms with E-state index in [0.29, 0.717) is 11.2 Å². The Labute approximate surface area is 138 Å². The van der Waals surface area contributed by atoms with Crippen LogP contribution in [0.2, 0.25) is 0 Å². The van der Waals surface area contributed by atoms with Gasteiger partial charge < -0.3 is 5.11 Å². The molecule has 24 heavy (non-hydrogen) atoms. The van der Waals surface area contributed by atoms with Crippen LogP contribution in [0.1, 0.15) is 5.69 Å². The van der Waals surface area contributed by atoms with Crippen molar-refractivity contribution in [2.45, 2.75) is 0 Å². The third kappa shape index (κ3) is 2.63. The van der Waals surface area contributed by atoms with Gasteiger partial charge in [0, 0.05) is 17.0 Å². The summed E-state index contributed by atoms with van der Waals surface area (Å²) in [6.07, 6.45) is 3.37. The molecule has 0 aliphatic carbocycles. The summed E-state index contributed by atoms with van der Waals surface area (Å²) in [7, 11) is 0. The van der Waals surface area contributed by atoms with Gasteiger partial charge in [0.2, 0.25) is 0 Å². The van der Waals surface area contributed by atoms with E-state index in [1.165, 1.54) is 0 Å². The van der Waals surface area contributed by atoms with Crippen molar-refractivity contribution in [1.29, 1.82) is 0 Å². The topological polar surface area (TPSA) is 70.4 Å². The number of hydrogen-bond acceptors (Lipinski definition) is 5. The van der Waals surface area contributed by atoms with Crippen molar-refractivity contribution in [3.8, 4) is 5.75 Å². The van der Waals surface area contributed by atoms with Gasteiger partial charge in [-0.2, -0.15) is 5.10 Å². The quantitative estimate of drug-likeness (QED) is 0.444. The summed E-state index contributed by atoms with van der Waals surface area (Å²) in [4.78, 5) is 8.79. The number of benzene rings is 2. The summed E-state index contributed by atoms with van der Waals surface area (Å²) in [5, 5.41) is 16.1. The maximum atomic E-state index is 9.89. The molecule has 0 amide bonds. The highest BCUT2D eigenvalue weighted by Gasteiger charge is 2.02. The first-order valence-corrected chi connectivity index (χ1v) is 7.53. The van der Waals surface area contributed by atoms with Crippen LogP contribution in [0.3, 0.4) is 0 Å². The summed E-state index contributed by atoms with van der Waals surface area (Å²) in [6, 6.07) is 18.9. The molecule has 2 aromatic heterocycles. The van der Waals surface area contributed by atoms with Crippen LogP contribution in [0.5, 0.6) is 5.75 Å². The lowest BCUT2D eigenvalue weighted by Crippen LogP contribution is -1.95. The van der Waals surface area contributed by atoms with Gasteiger partial charge in [0.05, 0.1) is 23.1 Å². The van der Waals surface area contributed by atoms with Crippen molar-refractivity contribution >= 4 is 33.7 Å². The standard InChI is InChI=1S/C19H14N4O/c24-17-8-2-5-14-9-10-15(22-19(14)17)12-21-23-16-7-1-4-13-6-3-11-20-18(13)16/h1-12,23-24H/b21-12-. The molecule has 0 saturated heterocycles. The number of hydrazone groups is 1. The number of aromatic nitrogens is 2. The van der Waals surface area contributed by atoms with E-state index >= 15 is 0 Å². The third-order valence-corrected chi connectivity index (χ3v) is 3.74. The summed E-state index contributed by atoms with van der Waals surface area (Å²) in [5.74, 6) is 0.161. The molecule has 4 aromatic rings. The molecule has 4 rings (SSSR count). The van der Waals surface area contributed by atoms with Crippen molar-refractivity contribution in [2.75, 3.05) is 5.43 Å². The molecule has 0 aliphatic rings. The molecule has 0 aliphatic heterocycles. The van der Waals surface area contributed by atoms with E-state index in [9.17, 15) is 5.11 Å². The number of phenols is 1. The van der Waals surface area contributed by atoms with Crippen LogP contribution >= 0.6 is 0 Å². The number of nitrogens with zero attached hydrogens (tertiary/aromatic N) is 3. The number of anilines is 1. The largest absolute Gasteiger partial charge is 0.506 e. The van der Waals surface area contributed by atoms with Crippen LogP contribution in [0, 0.1) is 0 Å². The number of para-hydroxylation sites is 2. The van der Waals surface area contributed by atoms with Gasteiger partial charge in [-0.25, -0.2) is 4.98 Å². The zero-order valence-corrected chi connectivity index (χ0v) is 12.7. The van der Waals surface area contributed by atoms with Crippen LogP contribution < -0.4 is 5.43 Å². The van der Waals surface area contributed by atoms with Gasteiger partial charge in [0.25, 0.3) is 0 Å². The number of pyridine rings is 2. The van der Waals surface area contributed by atoms with Gasteiger partial charge in [-0.1, -0.05) is 36.4 Å². The predicted octanol–water partition coefficient (Wildman–Crippen LogP) is 3.93. The van der Waals surface area contributed by atoms with Gasteiger partial charge in [0.15, 0.2) is 0 Å². The Kier molecular flexibility index (Phi) is 3.51. The number of nitrogens with one attached hydrogen (secondary N) is 1. The molecular weight excluding hydrogens is 300 g/mol. The Bertz CT molecular complexity index is 1050. The van der Waals surface area contributed by atoms with Gasteiger partial charge in [0.1, 0.15) is 11.3 Å². The molecule has 0 atom stereocenters. The number of aromatic hydroxyl groups is 1. The molecule has 5 nitrogen and oxygen atoms in total. The van der Waals surface area contributed by atoms with E-state index in [1.54, 1.807) is 24.5 Å². The highest BCUT2D eigenvalue weighted by molar-refractivity contribution is 5.91. The Hall–Kier alpha value is -3.47. The molecular formula is C19H14N4O. The fourth-order valence-corrected chi connectivity index (χ4v) is 2.58. The molecule has 5 heteroatoms. The average Bonchev–Trinajstić information content (AvgIpc) is 2.63. The van der Waals surface area contributed by atoms with E-state index in [-0.39, 0.29) is 5.75 Å². The molecule has 0 unspecified atom stereocenters. The van der Waals surface area contributed by atoms with Crippen LogP contribution in [0.4, 0.5) is 5.69 Å². The molecule has 2 aromatic carbocycles. The predicted molar refractivity (Wildman–Crippen MR) is 96.4 cm³/mol. The monoisotopic (exact) mass is 314 g/mol. The first-order valence-electron chi connectivity index (χ1n) is 7.53. The second kappa shape index (κ2) is 5.96. The van der Waals surface area contributed by atoms with E-state index < -0.39 is 0 Å². The van der Waals surface area contributed by atoms with Crippen LogP contribution in [-0.4, -0.2) is 21.3 Å². The van der Waals surface area contributed by atoms with Crippen LogP contribution in [0.25, 0.3) is 21.8 Å². The smallest absolute Gasteiger partial charge is 0.141 e. The molecule has 0 spiro atoms. The van der Waals surface area contributed by atoms with Gasteiger partial charge >= 0.3 is 0 Å². The van der Waals surface area contributed by atoms with Gasteiger partial charge in [-0.05, 0) is 24.3 Å². The van der Waals surface area contributed by atoms with Crippen molar-refractivity contribution in [3.05, 3.63) is 72.6 Å². The first kappa shape index (κ1) is 14.1. The maximum Gasteiger partial charge on any atom is 0.141 e. The number of phenolic OH excluding ortho intramolecular Hbond substituents is 1. The molecule has 2 N–H and O–H groups in total. The molecule has 0 bridgehead atoms. The minimum Gasteiger partial charge on any atom is -0.506 e. The normalized spacial score (nSPS) is 11.3. The SMILES string of the molecule is Oc1cccc2ccc(/C=N\Nc3cccc4cccnc34)nc12. The maximum absolute atomic E-state index is 9.89. The first-order chi connectivity index (χ1) is 11.8. The molecule has 2 heterocycles. The number of fused-ring (bicyclic) bond motifs is 2. The molecule has 0 saturated carbocycles. The lowest BCUT2D eigenvalue weighted by Gasteiger charge is -2.04. The Balaban J connectivity index is 1.62. The van der Waals surface area contributed by atoms with Crippen molar-refractivity contribution < 1.29 is 5.11 Å². The Morgan fingerprint density at radius 2 is 1.67 bits per heavy atom.